The molecule has 0 saturated heterocycles. The van der Waals surface area contributed by atoms with Gasteiger partial charge in [-0.3, -0.25) is 4.40 Å². The van der Waals surface area contributed by atoms with Gasteiger partial charge in [-0.1, -0.05) is 6.07 Å². The minimum atomic E-state index is -0.130. The third-order valence-corrected chi connectivity index (χ3v) is 2.32. The van der Waals surface area contributed by atoms with Gasteiger partial charge in [-0.15, -0.1) is 5.10 Å². The first-order valence-corrected chi connectivity index (χ1v) is 4.79. The van der Waals surface area contributed by atoms with Gasteiger partial charge in [-0.2, -0.15) is 0 Å². The molecule has 80 valence electrons. The van der Waals surface area contributed by atoms with Crippen molar-refractivity contribution in [3.63, 3.8) is 0 Å². The van der Waals surface area contributed by atoms with Gasteiger partial charge >= 0.3 is 5.69 Å². The van der Waals surface area contributed by atoms with Crippen LogP contribution in [-0.2, 0) is 11.3 Å². The second kappa shape index (κ2) is 3.86. The van der Waals surface area contributed by atoms with Crippen LogP contribution in [-0.4, -0.2) is 27.4 Å². The first-order chi connectivity index (χ1) is 7.22. The summed E-state index contributed by atoms with van der Waals surface area (Å²) in [6.45, 7) is 2.37. The Labute approximate surface area is 86.9 Å². The summed E-state index contributed by atoms with van der Waals surface area (Å²) < 4.78 is 8.03. The van der Waals surface area contributed by atoms with Crippen LogP contribution in [0, 0.1) is 0 Å². The van der Waals surface area contributed by atoms with E-state index < -0.39 is 0 Å². The van der Waals surface area contributed by atoms with Crippen molar-refractivity contribution in [2.75, 3.05) is 7.11 Å². The summed E-state index contributed by atoms with van der Waals surface area (Å²) >= 11 is 0. The molecule has 5 nitrogen and oxygen atoms in total. The van der Waals surface area contributed by atoms with Crippen molar-refractivity contribution in [2.45, 2.75) is 19.6 Å². The Kier molecular flexibility index (Phi) is 2.55. The van der Waals surface area contributed by atoms with Crippen LogP contribution in [0.2, 0.25) is 0 Å². The van der Waals surface area contributed by atoms with Gasteiger partial charge in [0.15, 0.2) is 5.65 Å². The molecule has 0 aliphatic heterocycles. The summed E-state index contributed by atoms with van der Waals surface area (Å²) in [5.41, 5.74) is 0.528. The normalized spacial score (nSPS) is 13.2. The van der Waals surface area contributed by atoms with Crippen molar-refractivity contribution in [3.8, 4) is 0 Å². The van der Waals surface area contributed by atoms with Crippen molar-refractivity contribution in [2.24, 2.45) is 0 Å². The molecule has 0 bridgehead atoms. The molecule has 0 amide bonds. The van der Waals surface area contributed by atoms with Crippen molar-refractivity contribution < 1.29 is 4.74 Å². The lowest BCUT2D eigenvalue weighted by Crippen LogP contribution is -2.26. The van der Waals surface area contributed by atoms with E-state index in [2.05, 4.69) is 5.10 Å². The van der Waals surface area contributed by atoms with Crippen LogP contribution in [0.4, 0.5) is 0 Å². The van der Waals surface area contributed by atoms with Crippen LogP contribution in [0.3, 0.4) is 0 Å². The fourth-order valence-electron chi connectivity index (χ4n) is 1.41. The highest BCUT2D eigenvalue weighted by molar-refractivity contribution is 5.35. The van der Waals surface area contributed by atoms with Crippen LogP contribution in [0.15, 0.2) is 29.2 Å². The molecule has 2 rings (SSSR count). The smallest absolute Gasteiger partial charge is 0.350 e. The Bertz CT molecular complexity index is 515. The van der Waals surface area contributed by atoms with E-state index in [0.29, 0.717) is 12.2 Å². The summed E-state index contributed by atoms with van der Waals surface area (Å²) in [5.74, 6) is 0. The molecule has 2 heterocycles. The molecule has 1 atom stereocenters. The maximum absolute atomic E-state index is 11.8. The monoisotopic (exact) mass is 207 g/mol. The highest BCUT2D eigenvalue weighted by atomic mass is 16.5. The Morgan fingerprint density at radius 2 is 2.33 bits per heavy atom. The maximum Gasteiger partial charge on any atom is 0.350 e. The van der Waals surface area contributed by atoms with Gasteiger partial charge in [-0.05, 0) is 19.1 Å². The summed E-state index contributed by atoms with van der Waals surface area (Å²) in [6.07, 6.45) is 1.69. The van der Waals surface area contributed by atoms with Crippen molar-refractivity contribution in [1.29, 1.82) is 0 Å². The minimum absolute atomic E-state index is 0.0207. The molecule has 2 aromatic rings. The zero-order valence-corrected chi connectivity index (χ0v) is 8.75. The number of pyridine rings is 1. The lowest BCUT2D eigenvalue weighted by atomic mass is 10.4. The standard InChI is InChI=1S/C10H13N3O2/c1-8(15-2)7-13-10(14)12-6-4-3-5-9(12)11-13/h3-6,8H,7H2,1-2H3. The van der Waals surface area contributed by atoms with Crippen LogP contribution >= 0.6 is 0 Å². The van der Waals surface area contributed by atoms with Crippen molar-refractivity contribution in [3.05, 3.63) is 34.9 Å². The van der Waals surface area contributed by atoms with Crippen molar-refractivity contribution in [1.82, 2.24) is 14.2 Å². The van der Waals surface area contributed by atoms with Gasteiger partial charge < -0.3 is 4.74 Å². The SMILES string of the molecule is COC(C)Cn1nc2ccccn2c1=O. The topological polar surface area (TPSA) is 48.5 Å². The number of hydrogen-bond donors (Lipinski definition) is 0. The van der Waals surface area contributed by atoms with Gasteiger partial charge in [-0.25, -0.2) is 9.48 Å². The predicted octanol–water partition coefficient (Wildman–Crippen LogP) is 0.531. The Balaban J connectivity index is 2.45. The fraction of sp³-hybridized carbons (Fsp3) is 0.400. The molecule has 0 aliphatic rings. The molecule has 15 heavy (non-hydrogen) atoms. The molecular formula is C10H13N3O2. The second-order valence-corrected chi connectivity index (χ2v) is 3.44. The number of nitrogens with zero attached hydrogens (tertiary/aromatic N) is 3. The number of hydrogen-bond acceptors (Lipinski definition) is 3. The Hall–Kier alpha value is -1.62. The molecule has 0 saturated carbocycles. The second-order valence-electron chi connectivity index (χ2n) is 3.44. The molecule has 1 unspecified atom stereocenters. The van der Waals surface area contributed by atoms with E-state index in [1.165, 1.54) is 9.08 Å². The number of aromatic nitrogens is 3. The fourth-order valence-corrected chi connectivity index (χ4v) is 1.41. The summed E-state index contributed by atoms with van der Waals surface area (Å²) in [6, 6.07) is 5.46. The average Bonchev–Trinajstić information content (AvgIpc) is 2.57. The van der Waals surface area contributed by atoms with Gasteiger partial charge in [0.05, 0.1) is 12.6 Å². The highest BCUT2D eigenvalue weighted by Gasteiger charge is 2.08. The molecule has 0 fully saturated rings. The number of methoxy groups -OCH3 is 1. The summed E-state index contributed by atoms with van der Waals surface area (Å²) in [4.78, 5) is 11.8. The molecule has 5 heteroatoms. The molecule has 2 aromatic heterocycles. The van der Waals surface area contributed by atoms with E-state index in [4.69, 9.17) is 4.74 Å². The molecule has 0 N–H and O–H groups in total. The molecule has 0 aromatic carbocycles. The van der Waals surface area contributed by atoms with Crippen molar-refractivity contribution >= 4 is 5.65 Å². The van der Waals surface area contributed by atoms with E-state index in [1.54, 1.807) is 25.4 Å². The Morgan fingerprint density at radius 1 is 1.53 bits per heavy atom. The maximum atomic E-state index is 11.8. The zero-order valence-electron chi connectivity index (χ0n) is 8.75. The minimum Gasteiger partial charge on any atom is -0.380 e. The molecule has 0 radical (unpaired) electrons. The van der Waals surface area contributed by atoms with Crippen LogP contribution < -0.4 is 5.69 Å². The van der Waals surface area contributed by atoms with Gasteiger partial charge in [0.1, 0.15) is 0 Å². The lowest BCUT2D eigenvalue weighted by molar-refractivity contribution is 0.0988. The van der Waals surface area contributed by atoms with E-state index in [0.717, 1.165) is 0 Å². The van der Waals surface area contributed by atoms with E-state index in [1.807, 2.05) is 13.0 Å². The third kappa shape index (κ3) is 1.78. The zero-order chi connectivity index (χ0) is 10.8. The number of ether oxygens (including phenoxy) is 1. The quantitative estimate of drug-likeness (QED) is 0.737. The van der Waals surface area contributed by atoms with E-state index in [-0.39, 0.29) is 11.8 Å². The predicted molar refractivity (Wildman–Crippen MR) is 55.9 cm³/mol. The van der Waals surface area contributed by atoms with Gasteiger partial charge in [0, 0.05) is 13.3 Å². The van der Waals surface area contributed by atoms with E-state index in [9.17, 15) is 4.79 Å². The van der Waals surface area contributed by atoms with Crippen LogP contribution in [0.1, 0.15) is 6.92 Å². The largest absolute Gasteiger partial charge is 0.380 e. The van der Waals surface area contributed by atoms with Crippen LogP contribution in [0.25, 0.3) is 5.65 Å². The van der Waals surface area contributed by atoms with E-state index >= 15 is 0 Å². The third-order valence-electron chi connectivity index (χ3n) is 2.32. The number of rotatable bonds is 3. The average molecular weight is 207 g/mol. The van der Waals surface area contributed by atoms with Gasteiger partial charge in [0.2, 0.25) is 0 Å². The molecule has 0 aliphatic carbocycles. The lowest BCUT2D eigenvalue weighted by Gasteiger charge is -2.06. The number of fused-ring (bicyclic) bond motifs is 1. The first kappa shape index (κ1) is 9.92. The highest BCUT2D eigenvalue weighted by Crippen LogP contribution is 1.97. The molecule has 0 spiro atoms. The summed E-state index contributed by atoms with van der Waals surface area (Å²) in [7, 11) is 1.62. The van der Waals surface area contributed by atoms with Crippen LogP contribution in [0.5, 0.6) is 0 Å². The Morgan fingerprint density at radius 3 is 3.00 bits per heavy atom. The molecular weight excluding hydrogens is 194 g/mol. The van der Waals surface area contributed by atoms with Gasteiger partial charge in [0.25, 0.3) is 0 Å². The first-order valence-electron chi connectivity index (χ1n) is 4.79. The summed E-state index contributed by atoms with van der Waals surface area (Å²) in [5, 5.41) is 4.19.